The molecule has 0 bridgehead atoms. The number of hydrogen-bond donors (Lipinski definition) is 0. The average molecular weight is 346 g/mol. The van der Waals surface area contributed by atoms with Crippen molar-refractivity contribution in [1.29, 1.82) is 0 Å². The molecule has 0 amide bonds. The van der Waals surface area contributed by atoms with Gasteiger partial charge in [-0.05, 0) is 35.4 Å². The van der Waals surface area contributed by atoms with Crippen molar-refractivity contribution in [3.8, 4) is 0 Å². The van der Waals surface area contributed by atoms with Crippen LogP contribution in [0.1, 0.15) is 11.1 Å². The van der Waals surface area contributed by atoms with Crippen LogP contribution < -0.4 is 5.30 Å². The van der Waals surface area contributed by atoms with Gasteiger partial charge in [0.25, 0.3) is 7.37 Å². The molecule has 3 heteroatoms. The molecule has 0 aliphatic carbocycles. The van der Waals surface area contributed by atoms with Crippen molar-refractivity contribution in [2.24, 2.45) is 0 Å². The van der Waals surface area contributed by atoms with Gasteiger partial charge in [0.05, 0.1) is 11.6 Å². The van der Waals surface area contributed by atoms with Crippen LogP contribution in [0.3, 0.4) is 0 Å². The first-order valence-electron chi connectivity index (χ1n) is 8.06. The van der Waals surface area contributed by atoms with Crippen molar-refractivity contribution < 1.29 is 9.09 Å². The van der Waals surface area contributed by atoms with Crippen molar-refractivity contribution in [2.45, 2.75) is 0 Å². The van der Waals surface area contributed by atoms with E-state index in [2.05, 4.69) is 0 Å². The third kappa shape index (κ3) is 4.82. The molecule has 0 aliphatic rings. The van der Waals surface area contributed by atoms with Crippen LogP contribution in [0.2, 0.25) is 0 Å². The lowest BCUT2D eigenvalue weighted by Gasteiger charge is -2.13. The van der Waals surface area contributed by atoms with E-state index >= 15 is 0 Å². The highest BCUT2D eigenvalue weighted by Gasteiger charge is 2.21. The standard InChI is InChI=1S/C22H19O2P/c23-25(22-14-8-3-9-15-22,19-17-21-12-6-2-7-13-21)24-18-16-20-10-4-1-5-11-20/h1-19H. The van der Waals surface area contributed by atoms with Crippen LogP contribution in [-0.4, -0.2) is 0 Å². The summed E-state index contributed by atoms with van der Waals surface area (Å²) in [4.78, 5) is 0. The van der Waals surface area contributed by atoms with E-state index in [1.54, 1.807) is 5.82 Å². The van der Waals surface area contributed by atoms with Crippen molar-refractivity contribution in [3.63, 3.8) is 0 Å². The zero-order valence-electron chi connectivity index (χ0n) is 13.7. The second kappa shape index (κ2) is 8.32. The molecule has 0 N–H and O–H groups in total. The highest BCUT2D eigenvalue weighted by atomic mass is 31.2. The van der Waals surface area contributed by atoms with Gasteiger partial charge in [-0.3, -0.25) is 4.57 Å². The Morgan fingerprint density at radius 1 is 0.640 bits per heavy atom. The molecule has 0 fully saturated rings. The fourth-order valence-electron chi connectivity index (χ4n) is 2.33. The summed E-state index contributed by atoms with van der Waals surface area (Å²) in [6.07, 6.45) is 5.16. The van der Waals surface area contributed by atoms with Gasteiger partial charge in [0.15, 0.2) is 0 Å². The predicted octanol–water partition coefficient (Wildman–Crippen LogP) is 5.95. The van der Waals surface area contributed by atoms with Gasteiger partial charge in [-0.2, -0.15) is 0 Å². The van der Waals surface area contributed by atoms with E-state index < -0.39 is 7.37 Å². The van der Waals surface area contributed by atoms with E-state index in [0.29, 0.717) is 5.30 Å². The molecule has 3 rings (SSSR count). The van der Waals surface area contributed by atoms with Crippen LogP contribution in [0, 0.1) is 0 Å². The van der Waals surface area contributed by atoms with E-state index in [0.717, 1.165) is 11.1 Å². The Morgan fingerprint density at radius 3 is 1.68 bits per heavy atom. The molecule has 0 aliphatic heterocycles. The molecule has 0 saturated heterocycles. The molecule has 3 aromatic carbocycles. The normalized spacial score (nSPS) is 13.8. The summed E-state index contributed by atoms with van der Waals surface area (Å²) in [5.74, 6) is 1.66. The SMILES string of the molecule is O=P(C=Cc1ccccc1)(OC=Cc1ccccc1)c1ccccc1. The van der Waals surface area contributed by atoms with Crippen LogP contribution in [0.15, 0.2) is 103 Å². The molecule has 124 valence electrons. The van der Waals surface area contributed by atoms with Crippen molar-refractivity contribution >= 4 is 24.8 Å². The molecule has 1 unspecified atom stereocenters. The topological polar surface area (TPSA) is 26.3 Å². The first-order valence-corrected chi connectivity index (χ1v) is 9.75. The average Bonchev–Trinajstić information content (AvgIpc) is 2.69. The Hall–Kier alpha value is -2.83. The van der Waals surface area contributed by atoms with Crippen LogP contribution >= 0.6 is 7.37 Å². The maximum atomic E-state index is 13.4. The molecular formula is C22H19O2P. The quantitative estimate of drug-likeness (QED) is 0.407. The Balaban J connectivity index is 1.86. The van der Waals surface area contributed by atoms with E-state index in [1.165, 1.54) is 6.26 Å². The van der Waals surface area contributed by atoms with Gasteiger partial charge in [0.2, 0.25) is 0 Å². The van der Waals surface area contributed by atoms with E-state index in [9.17, 15) is 4.57 Å². The first kappa shape index (κ1) is 17.0. The van der Waals surface area contributed by atoms with E-state index in [-0.39, 0.29) is 0 Å². The van der Waals surface area contributed by atoms with Crippen LogP contribution in [-0.2, 0) is 9.09 Å². The number of rotatable bonds is 6. The number of hydrogen-bond acceptors (Lipinski definition) is 2. The van der Waals surface area contributed by atoms with Gasteiger partial charge in [-0.25, -0.2) is 0 Å². The summed E-state index contributed by atoms with van der Waals surface area (Å²) in [5.41, 5.74) is 1.98. The zero-order valence-corrected chi connectivity index (χ0v) is 14.6. The Kier molecular flexibility index (Phi) is 5.66. The van der Waals surface area contributed by atoms with Crippen molar-refractivity contribution in [1.82, 2.24) is 0 Å². The van der Waals surface area contributed by atoms with E-state index in [4.69, 9.17) is 4.52 Å². The molecule has 25 heavy (non-hydrogen) atoms. The van der Waals surface area contributed by atoms with E-state index in [1.807, 2.05) is 103 Å². The maximum Gasteiger partial charge on any atom is 0.299 e. The molecule has 0 spiro atoms. The lowest BCUT2D eigenvalue weighted by atomic mass is 10.2. The van der Waals surface area contributed by atoms with Gasteiger partial charge in [0.1, 0.15) is 0 Å². The zero-order chi connectivity index (χ0) is 17.4. The smallest absolute Gasteiger partial charge is 0.299 e. The molecule has 3 aromatic rings. The third-order valence-corrected chi connectivity index (χ3v) is 5.65. The highest BCUT2D eigenvalue weighted by molar-refractivity contribution is 7.70. The minimum atomic E-state index is -3.14. The summed E-state index contributed by atoms with van der Waals surface area (Å²) in [7, 11) is -3.14. The minimum absolute atomic E-state index is 0.667. The molecule has 0 radical (unpaired) electrons. The maximum absolute atomic E-state index is 13.4. The lowest BCUT2D eigenvalue weighted by Crippen LogP contribution is -2.02. The van der Waals surface area contributed by atoms with Gasteiger partial charge < -0.3 is 4.52 Å². The molecule has 0 aromatic heterocycles. The minimum Gasteiger partial charge on any atom is -0.445 e. The Labute approximate surface area is 148 Å². The summed E-state index contributed by atoms with van der Waals surface area (Å²) < 4.78 is 19.1. The Bertz CT molecular complexity index is 885. The first-order chi connectivity index (χ1) is 12.3. The molecule has 0 saturated carbocycles. The molecule has 0 heterocycles. The van der Waals surface area contributed by atoms with Gasteiger partial charge in [0, 0.05) is 5.82 Å². The monoisotopic (exact) mass is 346 g/mol. The number of benzene rings is 3. The van der Waals surface area contributed by atoms with Gasteiger partial charge >= 0.3 is 0 Å². The van der Waals surface area contributed by atoms with Gasteiger partial charge in [-0.1, -0.05) is 78.9 Å². The lowest BCUT2D eigenvalue weighted by molar-refractivity contribution is 0.462. The Morgan fingerprint density at radius 2 is 1.12 bits per heavy atom. The largest absolute Gasteiger partial charge is 0.445 e. The van der Waals surface area contributed by atoms with Crippen LogP contribution in [0.5, 0.6) is 0 Å². The summed E-state index contributed by atoms with van der Waals surface area (Å²) in [6.45, 7) is 0. The predicted molar refractivity (Wildman–Crippen MR) is 106 cm³/mol. The van der Waals surface area contributed by atoms with Crippen LogP contribution in [0.4, 0.5) is 0 Å². The van der Waals surface area contributed by atoms with Crippen molar-refractivity contribution in [3.05, 3.63) is 114 Å². The molecule has 1 atom stereocenters. The summed E-state index contributed by atoms with van der Waals surface area (Å²) in [6, 6.07) is 28.8. The second-order valence-corrected chi connectivity index (χ2v) is 7.70. The summed E-state index contributed by atoms with van der Waals surface area (Å²) in [5, 5.41) is 0.667. The fourth-order valence-corrected chi connectivity index (χ4v) is 3.89. The van der Waals surface area contributed by atoms with Crippen molar-refractivity contribution in [2.75, 3.05) is 0 Å². The third-order valence-electron chi connectivity index (χ3n) is 3.66. The molecule has 2 nitrogen and oxygen atoms in total. The second-order valence-electron chi connectivity index (χ2n) is 5.48. The van der Waals surface area contributed by atoms with Gasteiger partial charge in [-0.15, -0.1) is 0 Å². The summed E-state index contributed by atoms with van der Waals surface area (Å²) >= 11 is 0. The highest BCUT2D eigenvalue weighted by Crippen LogP contribution is 2.48. The van der Waals surface area contributed by atoms with Crippen LogP contribution in [0.25, 0.3) is 12.2 Å². The molecular weight excluding hydrogens is 327 g/mol. The fraction of sp³-hybridized carbons (Fsp3) is 0.